The maximum absolute atomic E-state index is 12.9. The molecule has 0 saturated carbocycles. The van der Waals surface area contributed by atoms with Crippen molar-refractivity contribution in [1.29, 1.82) is 0 Å². The molecule has 0 aromatic carbocycles. The fourth-order valence-electron chi connectivity index (χ4n) is 3.75. The average molecular weight is 262 g/mol. The van der Waals surface area contributed by atoms with Crippen LogP contribution in [0.5, 0.6) is 0 Å². The Morgan fingerprint density at radius 1 is 1.26 bits per heavy atom. The van der Waals surface area contributed by atoms with Crippen LogP contribution in [0.15, 0.2) is 4.42 Å². The van der Waals surface area contributed by atoms with E-state index in [2.05, 4.69) is 17.1 Å². The maximum Gasteiger partial charge on any atom is 0.258 e. The zero-order chi connectivity index (χ0) is 13.7. The second-order valence-electron chi connectivity index (χ2n) is 6.00. The quantitative estimate of drug-likeness (QED) is 0.842. The first kappa shape index (κ1) is 12.7. The van der Waals surface area contributed by atoms with E-state index >= 15 is 0 Å². The number of nitrogens with zero attached hydrogens (tertiary/aromatic N) is 1. The van der Waals surface area contributed by atoms with Crippen LogP contribution in [0.2, 0.25) is 0 Å². The first-order valence-electron chi connectivity index (χ1n) is 7.10. The summed E-state index contributed by atoms with van der Waals surface area (Å²) < 4.78 is 5.61. The minimum atomic E-state index is 0.149. The van der Waals surface area contributed by atoms with Gasteiger partial charge in [-0.1, -0.05) is 0 Å². The van der Waals surface area contributed by atoms with Crippen molar-refractivity contribution in [1.82, 2.24) is 10.2 Å². The highest BCUT2D eigenvalue weighted by molar-refractivity contribution is 5.97. The van der Waals surface area contributed by atoms with E-state index in [1.807, 2.05) is 20.8 Å². The zero-order valence-electron chi connectivity index (χ0n) is 12.1. The van der Waals surface area contributed by atoms with Crippen LogP contribution in [0.1, 0.15) is 40.8 Å². The summed E-state index contributed by atoms with van der Waals surface area (Å²) in [5, 5.41) is 3.40. The minimum Gasteiger partial charge on any atom is -0.466 e. The number of fused-ring (bicyclic) bond motifs is 1. The Hall–Kier alpha value is -1.29. The number of furan rings is 1. The summed E-state index contributed by atoms with van der Waals surface area (Å²) in [5.74, 6) is 2.37. The standard InChI is InChI=1S/C15H22N2O2/c1-8-5-12-6-16-7-13(12)17(8)15(18)14-9(2)10(3)19-11(14)4/h8,12-13,16H,5-7H2,1-4H3. The summed E-state index contributed by atoms with van der Waals surface area (Å²) in [5.41, 5.74) is 1.76. The fraction of sp³-hybridized carbons (Fsp3) is 0.667. The normalized spacial score (nSPS) is 29.9. The summed E-state index contributed by atoms with van der Waals surface area (Å²) in [4.78, 5) is 15.0. The highest BCUT2D eigenvalue weighted by Gasteiger charge is 2.45. The predicted molar refractivity (Wildman–Crippen MR) is 73.3 cm³/mol. The number of hydrogen-bond donors (Lipinski definition) is 1. The van der Waals surface area contributed by atoms with E-state index in [1.165, 1.54) is 0 Å². The Labute approximate surface area is 114 Å². The molecule has 2 aliphatic rings. The van der Waals surface area contributed by atoms with Crippen molar-refractivity contribution in [2.45, 2.75) is 46.2 Å². The highest BCUT2D eigenvalue weighted by atomic mass is 16.3. The van der Waals surface area contributed by atoms with E-state index in [4.69, 9.17) is 4.42 Å². The molecule has 104 valence electrons. The van der Waals surface area contributed by atoms with Crippen LogP contribution < -0.4 is 5.32 Å². The molecule has 2 saturated heterocycles. The van der Waals surface area contributed by atoms with Crippen LogP contribution in [0.25, 0.3) is 0 Å². The summed E-state index contributed by atoms with van der Waals surface area (Å²) in [6.07, 6.45) is 1.11. The van der Waals surface area contributed by atoms with Gasteiger partial charge in [0.1, 0.15) is 11.5 Å². The third-order valence-corrected chi connectivity index (χ3v) is 4.79. The summed E-state index contributed by atoms with van der Waals surface area (Å²) >= 11 is 0. The molecule has 3 rings (SSSR count). The molecule has 1 aromatic heterocycles. The van der Waals surface area contributed by atoms with Crippen LogP contribution in [-0.2, 0) is 0 Å². The molecule has 0 radical (unpaired) electrons. The summed E-state index contributed by atoms with van der Waals surface area (Å²) in [6.45, 7) is 9.92. The molecule has 1 aromatic rings. The van der Waals surface area contributed by atoms with Gasteiger partial charge in [0.2, 0.25) is 0 Å². The van der Waals surface area contributed by atoms with Crippen molar-refractivity contribution < 1.29 is 9.21 Å². The topological polar surface area (TPSA) is 45.5 Å². The van der Waals surface area contributed by atoms with E-state index in [0.29, 0.717) is 18.0 Å². The van der Waals surface area contributed by atoms with Gasteiger partial charge in [0.25, 0.3) is 5.91 Å². The van der Waals surface area contributed by atoms with E-state index < -0.39 is 0 Å². The van der Waals surface area contributed by atoms with E-state index in [9.17, 15) is 4.79 Å². The van der Waals surface area contributed by atoms with Crippen LogP contribution in [0.3, 0.4) is 0 Å². The molecule has 2 fully saturated rings. The fourth-order valence-corrected chi connectivity index (χ4v) is 3.75. The second kappa shape index (κ2) is 4.37. The molecular formula is C15H22N2O2. The monoisotopic (exact) mass is 262 g/mol. The SMILES string of the molecule is Cc1oc(C)c(C(=O)N2C(C)CC3CNCC32)c1C. The molecular weight excluding hydrogens is 240 g/mol. The second-order valence-corrected chi connectivity index (χ2v) is 6.00. The lowest BCUT2D eigenvalue weighted by molar-refractivity contribution is 0.0679. The molecule has 2 aliphatic heterocycles. The van der Waals surface area contributed by atoms with Gasteiger partial charge in [-0.15, -0.1) is 0 Å². The lowest BCUT2D eigenvalue weighted by atomic mass is 10.0. The molecule has 1 N–H and O–H groups in total. The van der Waals surface area contributed by atoms with E-state index in [0.717, 1.165) is 42.2 Å². The number of carbonyl (C=O) groups excluding carboxylic acids is 1. The first-order chi connectivity index (χ1) is 9.00. The van der Waals surface area contributed by atoms with Gasteiger partial charge in [-0.05, 0) is 40.0 Å². The van der Waals surface area contributed by atoms with E-state index in [-0.39, 0.29) is 5.91 Å². The zero-order valence-corrected chi connectivity index (χ0v) is 12.1. The van der Waals surface area contributed by atoms with Gasteiger partial charge < -0.3 is 14.6 Å². The molecule has 0 aliphatic carbocycles. The first-order valence-corrected chi connectivity index (χ1v) is 7.10. The summed E-state index contributed by atoms with van der Waals surface area (Å²) in [7, 11) is 0. The smallest absolute Gasteiger partial charge is 0.258 e. The number of hydrogen-bond acceptors (Lipinski definition) is 3. The van der Waals surface area contributed by atoms with Crippen LogP contribution in [-0.4, -0.2) is 36.0 Å². The molecule has 0 bridgehead atoms. The third-order valence-electron chi connectivity index (χ3n) is 4.79. The Bertz CT molecular complexity index is 520. The molecule has 3 heterocycles. The van der Waals surface area contributed by atoms with Crippen LogP contribution in [0, 0.1) is 26.7 Å². The van der Waals surface area contributed by atoms with Crippen LogP contribution in [0.4, 0.5) is 0 Å². The van der Waals surface area contributed by atoms with Gasteiger partial charge in [-0.3, -0.25) is 4.79 Å². The van der Waals surface area contributed by atoms with Gasteiger partial charge in [0, 0.05) is 30.7 Å². The third kappa shape index (κ3) is 1.81. The van der Waals surface area contributed by atoms with Crippen molar-refractivity contribution in [3.05, 3.63) is 22.6 Å². The molecule has 0 spiro atoms. The molecule has 3 atom stereocenters. The van der Waals surface area contributed by atoms with Gasteiger partial charge in [-0.25, -0.2) is 0 Å². The number of carbonyl (C=O) groups is 1. The number of likely N-dealkylation sites (tertiary alicyclic amines) is 1. The Morgan fingerprint density at radius 2 is 2.00 bits per heavy atom. The van der Waals surface area contributed by atoms with Gasteiger partial charge in [-0.2, -0.15) is 0 Å². The number of amides is 1. The molecule has 4 heteroatoms. The van der Waals surface area contributed by atoms with Crippen LogP contribution >= 0.6 is 0 Å². The Kier molecular flexibility index (Phi) is 2.93. The molecule has 1 amide bonds. The molecule has 3 unspecified atom stereocenters. The maximum atomic E-state index is 12.9. The van der Waals surface area contributed by atoms with Crippen molar-refractivity contribution in [2.24, 2.45) is 5.92 Å². The van der Waals surface area contributed by atoms with Crippen molar-refractivity contribution in [3.63, 3.8) is 0 Å². The predicted octanol–water partition coefficient (Wildman–Crippen LogP) is 2.03. The number of aryl methyl sites for hydroxylation is 2. The van der Waals surface area contributed by atoms with Crippen molar-refractivity contribution in [3.8, 4) is 0 Å². The molecule has 4 nitrogen and oxygen atoms in total. The van der Waals surface area contributed by atoms with E-state index in [1.54, 1.807) is 0 Å². The lowest BCUT2D eigenvalue weighted by Crippen LogP contribution is -2.43. The number of nitrogens with one attached hydrogen (secondary N) is 1. The van der Waals surface area contributed by atoms with Gasteiger partial charge >= 0.3 is 0 Å². The summed E-state index contributed by atoms with van der Waals surface area (Å²) in [6, 6.07) is 0.690. The highest BCUT2D eigenvalue weighted by Crippen LogP contribution is 2.35. The minimum absolute atomic E-state index is 0.149. The van der Waals surface area contributed by atoms with Gasteiger partial charge in [0.05, 0.1) is 5.56 Å². The Morgan fingerprint density at radius 3 is 2.63 bits per heavy atom. The van der Waals surface area contributed by atoms with Gasteiger partial charge in [0.15, 0.2) is 0 Å². The molecule has 19 heavy (non-hydrogen) atoms. The lowest BCUT2D eigenvalue weighted by Gasteiger charge is -2.27. The Balaban J connectivity index is 1.95. The van der Waals surface area contributed by atoms with Crippen molar-refractivity contribution in [2.75, 3.05) is 13.1 Å². The van der Waals surface area contributed by atoms with Crippen molar-refractivity contribution >= 4 is 5.91 Å². The number of rotatable bonds is 1. The average Bonchev–Trinajstić information content (AvgIpc) is 2.93. The largest absolute Gasteiger partial charge is 0.466 e.